The Kier molecular flexibility index (Phi) is 6.53. The van der Waals surface area contributed by atoms with Gasteiger partial charge in [0.2, 0.25) is 5.43 Å². The molecule has 2 aromatic rings. The van der Waals surface area contributed by atoms with Gasteiger partial charge >= 0.3 is 6.18 Å². The van der Waals surface area contributed by atoms with E-state index in [1.54, 1.807) is 4.57 Å². The highest BCUT2D eigenvalue weighted by atomic mass is 19.4. The van der Waals surface area contributed by atoms with Gasteiger partial charge in [-0.3, -0.25) is 19.4 Å². The molecule has 2 fully saturated rings. The van der Waals surface area contributed by atoms with Crippen molar-refractivity contribution in [2.75, 3.05) is 0 Å². The van der Waals surface area contributed by atoms with Gasteiger partial charge in [0, 0.05) is 30.7 Å². The summed E-state index contributed by atoms with van der Waals surface area (Å²) in [5.74, 6) is -1.80. The first-order valence-electron chi connectivity index (χ1n) is 11.1. The fourth-order valence-electron chi connectivity index (χ4n) is 4.09. The Bertz CT molecular complexity index is 1070. The minimum atomic E-state index is -4.82. The van der Waals surface area contributed by atoms with Gasteiger partial charge in [-0.1, -0.05) is 25.3 Å². The van der Waals surface area contributed by atoms with Gasteiger partial charge in [0.05, 0.1) is 5.69 Å². The lowest BCUT2D eigenvalue weighted by Crippen LogP contribution is -2.42. The third-order valence-electron chi connectivity index (χ3n) is 6.03. The van der Waals surface area contributed by atoms with Crippen LogP contribution in [0.1, 0.15) is 83.4 Å². The number of nitrogens with one attached hydrogen (secondary N) is 2. The van der Waals surface area contributed by atoms with E-state index in [1.807, 2.05) is 5.32 Å². The van der Waals surface area contributed by atoms with Gasteiger partial charge in [0.1, 0.15) is 11.1 Å². The highest BCUT2D eigenvalue weighted by molar-refractivity contribution is 5.99. The standard InChI is InChI=1S/C23H25F3N4O3/c24-23(25,26)20(18-8-4-5-11-27-18)29-22(33)17-13-30(15-9-10-15)12-16(19(17)31)21(32)28-14-6-2-1-3-7-14/h4-5,8,11-15,20H,1-3,6-7,9-10H2,(H,28,32)(H,29,33). The normalized spacial score (nSPS) is 17.9. The molecule has 2 N–H and O–H groups in total. The van der Waals surface area contributed by atoms with Crippen LogP contribution in [0.25, 0.3) is 0 Å². The maximum Gasteiger partial charge on any atom is 0.414 e. The van der Waals surface area contributed by atoms with Crippen LogP contribution in [0.4, 0.5) is 13.2 Å². The van der Waals surface area contributed by atoms with Crippen molar-refractivity contribution in [1.29, 1.82) is 0 Å². The van der Waals surface area contributed by atoms with Gasteiger partial charge < -0.3 is 15.2 Å². The van der Waals surface area contributed by atoms with Gasteiger partial charge in [-0.05, 0) is 37.8 Å². The molecule has 1 atom stereocenters. The number of nitrogens with zero attached hydrogens (tertiary/aromatic N) is 2. The minimum Gasteiger partial charge on any atom is -0.349 e. The molecule has 7 nitrogen and oxygen atoms in total. The van der Waals surface area contributed by atoms with E-state index in [4.69, 9.17) is 0 Å². The average Bonchev–Trinajstić information content (AvgIpc) is 3.63. The number of hydrogen-bond acceptors (Lipinski definition) is 4. The highest BCUT2D eigenvalue weighted by Gasteiger charge is 2.43. The second-order valence-corrected chi connectivity index (χ2v) is 8.60. The summed E-state index contributed by atoms with van der Waals surface area (Å²) in [5, 5.41) is 4.74. The van der Waals surface area contributed by atoms with E-state index in [9.17, 15) is 27.6 Å². The number of aromatic nitrogens is 2. The molecule has 33 heavy (non-hydrogen) atoms. The zero-order chi connectivity index (χ0) is 23.6. The molecule has 1 unspecified atom stereocenters. The molecule has 2 aliphatic carbocycles. The number of halogens is 3. The van der Waals surface area contributed by atoms with Gasteiger partial charge in [-0.2, -0.15) is 13.2 Å². The van der Waals surface area contributed by atoms with E-state index in [0.717, 1.165) is 51.0 Å². The molecule has 176 valence electrons. The zero-order valence-electron chi connectivity index (χ0n) is 17.9. The first-order valence-corrected chi connectivity index (χ1v) is 11.1. The molecule has 4 rings (SSSR count). The molecule has 2 heterocycles. The Morgan fingerprint density at radius 3 is 2.24 bits per heavy atom. The third-order valence-corrected chi connectivity index (χ3v) is 6.03. The highest BCUT2D eigenvalue weighted by Crippen LogP contribution is 2.35. The topological polar surface area (TPSA) is 93.1 Å². The van der Waals surface area contributed by atoms with Gasteiger partial charge in [0.15, 0.2) is 6.04 Å². The number of carbonyl (C=O) groups excluding carboxylic acids is 2. The van der Waals surface area contributed by atoms with Crippen molar-refractivity contribution in [3.8, 4) is 0 Å². The summed E-state index contributed by atoms with van der Waals surface area (Å²) < 4.78 is 42.6. The fourth-order valence-corrected chi connectivity index (χ4v) is 4.09. The van der Waals surface area contributed by atoms with Crippen molar-refractivity contribution in [2.24, 2.45) is 0 Å². The number of hydrogen-bond donors (Lipinski definition) is 2. The lowest BCUT2D eigenvalue weighted by atomic mass is 9.95. The number of alkyl halides is 3. The van der Waals surface area contributed by atoms with Crippen molar-refractivity contribution in [2.45, 2.75) is 69.2 Å². The van der Waals surface area contributed by atoms with Gasteiger partial charge in [-0.15, -0.1) is 0 Å². The molecule has 10 heteroatoms. The summed E-state index contributed by atoms with van der Waals surface area (Å²) >= 11 is 0. The molecule has 0 aliphatic heterocycles. The molecule has 2 aromatic heterocycles. The van der Waals surface area contributed by atoms with Crippen LogP contribution in [-0.2, 0) is 0 Å². The van der Waals surface area contributed by atoms with Crippen molar-refractivity contribution in [3.05, 3.63) is 63.8 Å². The first kappa shape index (κ1) is 23.0. The zero-order valence-corrected chi connectivity index (χ0v) is 17.9. The quantitative estimate of drug-likeness (QED) is 0.685. The monoisotopic (exact) mass is 462 g/mol. The van der Waals surface area contributed by atoms with Crippen LogP contribution < -0.4 is 16.1 Å². The number of carbonyl (C=O) groups is 2. The second-order valence-electron chi connectivity index (χ2n) is 8.60. The lowest BCUT2D eigenvalue weighted by molar-refractivity contribution is -0.156. The third kappa shape index (κ3) is 5.43. The van der Waals surface area contributed by atoms with E-state index in [2.05, 4.69) is 10.3 Å². The van der Waals surface area contributed by atoms with Crippen molar-refractivity contribution < 1.29 is 22.8 Å². The molecule has 0 radical (unpaired) electrons. The van der Waals surface area contributed by atoms with Gasteiger partial charge in [0.25, 0.3) is 11.8 Å². The molecular weight excluding hydrogens is 437 g/mol. The smallest absolute Gasteiger partial charge is 0.349 e. The minimum absolute atomic E-state index is 0.00702. The number of pyridine rings is 2. The van der Waals surface area contributed by atoms with Crippen LogP contribution in [-0.4, -0.2) is 33.6 Å². The Hall–Kier alpha value is -3.17. The Balaban J connectivity index is 1.64. The molecule has 0 bridgehead atoms. The molecule has 0 spiro atoms. The fraction of sp³-hybridized carbons (Fsp3) is 0.478. The van der Waals surface area contributed by atoms with Gasteiger partial charge in [-0.25, -0.2) is 0 Å². The summed E-state index contributed by atoms with van der Waals surface area (Å²) in [5.41, 5.74) is -2.02. The lowest BCUT2D eigenvalue weighted by Gasteiger charge is -2.23. The van der Waals surface area contributed by atoms with Crippen LogP contribution in [0.3, 0.4) is 0 Å². The first-order chi connectivity index (χ1) is 15.7. The van der Waals surface area contributed by atoms with E-state index in [1.165, 1.54) is 30.7 Å². The van der Waals surface area contributed by atoms with Crippen molar-refractivity contribution in [3.63, 3.8) is 0 Å². The van der Waals surface area contributed by atoms with Crippen LogP contribution in [0.15, 0.2) is 41.6 Å². The average molecular weight is 462 g/mol. The van der Waals surface area contributed by atoms with E-state index in [-0.39, 0.29) is 17.6 Å². The summed E-state index contributed by atoms with van der Waals surface area (Å²) in [7, 11) is 0. The molecule has 0 saturated heterocycles. The molecular formula is C23H25F3N4O3. The molecule has 2 amide bonds. The SMILES string of the molecule is O=C(NC1CCCCC1)c1cn(C2CC2)cc(C(=O)NC(c2ccccn2)C(F)(F)F)c1=O. The summed E-state index contributed by atoms with van der Waals surface area (Å²) in [6.45, 7) is 0. The number of rotatable bonds is 6. The summed E-state index contributed by atoms with van der Waals surface area (Å²) in [6.07, 6.45) is 5.25. The Morgan fingerprint density at radius 2 is 1.67 bits per heavy atom. The molecule has 2 saturated carbocycles. The van der Waals surface area contributed by atoms with E-state index < -0.39 is 40.7 Å². The predicted molar refractivity (Wildman–Crippen MR) is 114 cm³/mol. The molecule has 0 aromatic carbocycles. The van der Waals surface area contributed by atoms with E-state index in [0.29, 0.717) is 0 Å². The van der Waals surface area contributed by atoms with Crippen molar-refractivity contribution in [1.82, 2.24) is 20.2 Å². The Morgan fingerprint density at radius 1 is 1.00 bits per heavy atom. The maximum atomic E-state index is 13.7. The molecule has 2 aliphatic rings. The van der Waals surface area contributed by atoms with Crippen LogP contribution in [0.5, 0.6) is 0 Å². The summed E-state index contributed by atoms with van der Waals surface area (Å²) in [6, 6.07) is 1.54. The second kappa shape index (κ2) is 9.36. The van der Waals surface area contributed by atoms with Crippen molar-refractivity contribution >= 4 is 11.8 Å². The van der Waals surface area contributed by atoms with Crippen LogP contribution in [0.2, 0.25) is 0 Å². The van der Waals surface area contributed by atoms with Crippen LogP contribution >= 0.6 is 0 Å². The van der Waals surface area contributed by atoms with Crippen LogP contribution in [0, 0.1) is 0 Å². The number of amides is 2. The Labute approximate surface area is 188 Å². The van der Waals surface area contributed by atoms with E-state index >= 15 is 0 Å². The largest absolute Gasteiger partial charge is 0.414 e. The maximum absolute atomic E-state index is 13.7. The predicted octanol–water partition coefficient (Wildman–Crippen LogP) is 3.67. The summed E-state index contributed by atoms with van der Waals surface area (Å²) in [4.78, 5) is 42.5.